The molecule has 6 rings (SSSR count). The molecule has 0 unspecified atom stereocenters. The van der Waals surface area contributed by atoms with Crippen LogP contribution in [0.1, 0.15) is 27.7 Å². The van der Waals surface area contributed by atoms with Gasteiger partial charge in [0, 0.05) is 10.8 Å². The van der Waals surface area contributed by atoms with Crippen LogP contribution in [0.15, 0.2) is 83.3 Å². The molecule has 4 aromatic carbocycles. The van der Waals surface area contributed by atoms with Crippen LogP contribution in [0.4, 0.5) is 0 Å². The van der Waals surface area contributed by atoms with Crippen molar-refractivity contribution in [2.45, 2.75) is 38.9 Å². The van der Waals surface area contributed by atoms with E-state index in [0.29, 0.717) is 0 Å². The maximum Gasteiger partial charge on any atom is 0.494 e. The summed E-state index contributed by atoms with van der Waals surface area (Å²) < 4.78 is 19.1. The molecule has 0 amide bonds. The van der Waals surface area contributed by atoms with Gasteiger partial charge in [-0.25, -0.2) is 0 Å². The molecule has 0 saturated carbocycles. The minimum absolute atomic E-state index is 0.403. The summed E-state index contributed by atoms with van der Waals surface area (Å²) in [5.41, 5.74) is 4.21. The first-order valence-corrected chi connectivity index (χ1v) is 11.1. The van der Waals surface area contributed by atoms with Crippen molar-refractivity contribution in [3.8, 4) is 11.1 Å². The Morgan fingerprint density at radius 2 is 1.28 bits per heavy atom. The summed E-state index contributed by atoms with van der Waals surface area (Å²) in [5, 5.41) is 4.67. The van der Waals surface area contributed by atoms with E-state index in [4.69, 9.17) is 13.7 Å². The quantitative estimate of drug-likeness (QED) is 0.298. The lowest BCUT2D eigenvalue weighted by molar-refractivity contribution is 0.00578. The van der Waals surface area contributed by atoms with Crippen LogP contribution in [0.2, 0.25) is 0 Å². The first-order valence-electron chi connectivity index (χ1n) is 11.1. The Hall–Kier alpha value is -3.08. The molecule has 0 spiro atoms. The van der Waals surface area contributed by atoms with Gasteiger partial charge in [-0.2, -0.15) is 0 Å². The number of rotatable bonds is 2. The molecule has 0 aliphatic carbocycles. The Labute approximate surface area is 188 Å². The highest BCUT2D eigenvalue weighted by Gasteiger charge is 2.51. The number of para-hydroxylation sites is 1. The second-order valence-corrected chi connectivity index (χ2v) is 9.65. The second-order valence-electron chi connectivity index (χ2n) is 9.65. The molecule has 0 bridgehead atoms. The third-order valence-electron chi connectivity index (χ3n) is 7.11. The molecule has 1 aliphatic rings. The van der Waals surface area contributed by atoms with E-state index in [-0.39, 0.29) is 0 Å². The van der Waals surface area contributed by atoms with Gasteiger partial charge in [0.2, 0.25) is 0 Å². The number of furan rings is 1. The van der Waals surface area contributed by atoms with Gasteiger partial charge in [-0.3, -0.25) is 0 Å². The molecule has 0 N–H and O–H groups in total. The fraction of sp³-hybridized carbons (Fsp3) is 0.214. The Bertz CT molecular complexity index is 1470. The summed E-state index contributed by atoms with van der Waals surface area (Å²) in [6.07, 6.45) is 0. The highest BCUT2D eigenvalue weighted by atomic mass is 16.7. The Balaban J connectivity index is 1.66. The monoisotopic (exact) mass is 420 g/mol. The highest BCUT2D eigenvalue weighted by Crippen LogP contribution is 2.41. The molecule has 3 nitrogen and oxygen atoms in total. The third-order valence-corrected chi connectivity index (χ3v) is 7.11. The Morgan fingerprint density at radius 3 is 2.06 bits per heavy atom. The minimum Gasteiger partial charge on any atom is -0.456 e. The van der Waals surface area contributed by atoms with Gasteiger partial charge < -0.3 is 13.7 Å². The number of hydrogen-bond acceptors (Lipinski definition) is 3. The maximum absolute atomic E-state index is 6.39. The van der Waals surface area contributed by atoms with Gasteiger partial charge in [0.25, 0.3) is 0 Å². The smallest absolute Gasteiger partial charge is 0.456 e. The summed E-state index contributed by atoms with van der Waals surface area (Å²) in [5.74, 6) is 0. The van der Waals surface area contributed by atoms with Crippen molar-refractivity contribution in [2.24, 2.45) is 0 Å². The zero-order valence-corrected chi connectivity index (χ0v) is 18.8. The first-order chi connectivity index (χ1) is 15.3. The van der Waals surface area contributed by atoms with Crippen molar-refractivity contribution >= 4 is 45.3 Å². The van der Waals surface area contributed by atoms with Gasteiger partial charge in [0.05, 0.1) is 11.2 Å². The average molecular weight is 420 g/mol. The van der Waals surface area contributed by atoms with Gasteiger partial charge in [-0.15, -0.1) is 0 Å². The average Bonchev–Trinajstić information content (AvgIpc) is 3.26. The van der Waals surface area contributed by atoms with Crippen molar-refractivity contribution in [1.82, 2.24) is 0 Å². The van der Waals surface area contributed by atoms with Crippen LogP contribution in [0, 0.1) is 0 Å². The topological polar surface area (TPSA) is 31.6 Å². The van der Waals surface area contributed by atoms with E-state index in [1.807, 2.05) is 12.1 Å². The van der Waals surface area contributed by atoms with Crippen LogP contribution >= 0.6 is 0 Å². The van der Waals surface area contributed by atoms with E-state index in [1.54, 1.807) is 0 Å². The lowest BCUT2D eigenvalue weighted by atomic mass is 9.77. The molecule has 1 aliphatic heterocycles. The molecule has 32 heavy (non-hydrogen) atoms. The van der Waals surface area contributed by atoms with Gasteiger partial charge in [0.15, 0.2) is 0 Å². The summed E-state index contributed by atoms with van der Waals surface area (Å²) in [6.45, 7) is 8.33. The largest absolute Gasteiger partial charge is 0.494 e. The van der Waals surface area contributed by atoms with Gasteiger partial charge >= 0.3 is 7.12 Å². The zero-order chi connectivity index (χ0) is 22.1. The maximum atomic E-state index is 6.39. The van der Waals surface area contributed by atoms with Crippen LogP contribution in [0.25, 0.3) is 43.8 Å². The molecule has 158 valence electrons. The normalized spacial score (nSPS) is 17.6. The lowest BCUT2D eigenvalue weighted by Gasteiger charge is -2.32. The van der Waals surface area contributed by atoms with Crippen molar-refractivity contribution in [1.29, 1.82) is 0 Å². The Kier molecular flexibility index (Phi) is 4.11. The molecule has 1 aromatic heterocycles. The van der Waals surface area contributed by atoms with Crippen LogP contribution < -0.4 is 5.46 Å². The van der Waals surface area contributed by atoms with E-state index < -0.39 is 18.3 Å². The van der Waals surface area contributed by atoms with Gasteiger partial charge in [0.1, 0.15) is 11.2 Å². The SMILES string of the molecule is CC1(C)OB(c2cc(-c3cccc4ccccc34)c3c(c2)oc2ccccc23)OC1(C)C. The number of benzene rings is 4. The molecule has 2 heterocycles. The van der Waals surface area contributed by atoms with Crippen LogP contribution in [0.5, 0.6) is 0 Å². The lowest BCUT2D eigenvalue weighted by Crippen LogP contribution is -2.41. The fourth-order valence-corrected chi connectivity index (χ4v) is 4.66. The fourth-order valence-electron chi connectivity index (χ4n) is 4.66. The predicted octanol–water partition coefficient (Wildman–Crippen LogP) is 6.71. The zero-order valence-electron chi connectivity index (χ0n) is 18.8. The third kappa shape index (κ3) is 2.83. The number of hydrogen-bond donors (Lipinski definition) is 0. The summed E-state index contributed by atoms with van der Waals surface area (Å²) >= 11 is 0. The minimum atomic E-state index is -0.452. The van der Waals surface area contributed by atoms with E-state index in [9.17, 15) is 0 Å². The Morgan fingerprint density at radius 1 is 0.625 bits per heavy atom. The molecule has 1 fully saturated rings. The van der Waals surface area contributed by atoms with E-state index in [1.165, 1.54) is 16.3 Å². The van der Waals surface area contributed by atoms with Gasteiger partial charge in [-0.05, 0) is 67.2 Å². The molecule has 1 saturated heterocycles. The van der Waals surface area contributed by atoms with Crippen LogP contribution in [-0.2, 0) is 9.31 Å². The molecule has 0 atom stereocenters. The summed E-state index contributed by atoms with van der Waals surface area (Å²) in [7, 11) is -0.452. The number of fused-ring (bicyclic) bond motifs is 4. The van der Waals surface area contributed by atoms with Crippen molar-refractivity contribution in [3.63, 3.8) is 0 Å². The highest BCUT2D eigenvalue weighted by molar-refractivity contribution is 6.62. The van der Waals surface area contributed by atoms with Crippen LogP contribution in [0.3, 0.4) is 0 Å². The van der Waals surface area contributed by atoms with Crippen molar-refractivity contribution < 1.29 is 13.7 Å². The summed E-state index contributed by atoms with van der Waals surface area (Å²) in [6, 6.07) is 27.5. The van der Waals surface area contributed by atoms with Crippen molar-refractivity contribution in [3.05, 3.63) is 78.9 Å². The van der Waals surface area contributed by atoms with Crippen molar-refractivity contribution in [2.75, 3.05) is 0 Å². The molecule has 0 radical (unpaired) electrons. The second kappa shape index (κ2) is 6.71. The molecule has 4 heteroatoms. The summed E-state index contributed by atoms with van der Waals surface area (Å²) in [4.78, 5) is 0. The van der Waals surface area contributed by atoms with E-state index in [2.05, 4.69) is 94.4 Å². The molecular formula is C28H25BO3. The van der Waals surface area contributed by atoms with E-state index >= 15 is 0 Å². The van der Waals surface area contributed by atoms with E-state index in [0.717, 1.165) is 33.0 Å². The predicted molar refractivity (Wildman–Crippen MR) is 132 cm³/mol. The van der Waals surface area contributed by atoms with Gasteiger partial charge in [-0.1, -0.05) is 66.7 Å². The molecule has 5 aromatic rings. The first kappa shape index (κ1) is 19.6. The standard InChI is InChI=1S/C28H25BO3/c1-27(2)28(3,4)32-29(31-27)19-16-23(21-14-9-11-18-10-5-6-12-20(18)21)26-22-13-7-8-15-24(22)30-25(26)17-19/h5-17H,1-4H3. The molecular weight excluding hydrogens is 395 g/mol. The van der Waals surface area contributed by atoms with Crippen LogP contribution in [-0.4, -0.2) is 18.3 Å².